The molecule has 0 aliphatic heterocycles. The van der Waals surface area contributed by atoms with E-state index in [-0.39, 0.29) is 0 Å². The van der Waals surface area contributed by atoms with Crippen LogP contribution in [0, 0.1) is 11.3 Å². The second-order valence-corrected chi connectivity index (χ2v) is 2.56. The average molecular weight is 298 g/mol. The fourth-order valence-corrected chi connectivity index (χ4v) is 1.10. The van der Waals surface area contributed by atoms with Crippen LogP contribution in [0.5, 0.6) is 0 Å². The van der Waals surface area contributed by atoms with Crippen molar-refractivity contribution in [3.63, 3.8) is 0 Å². The van der Waals surface area contributed by atoms with Crippen molar-refractivity contribution in [2.75, 3.05) is 5.83 Å². The molecule has 0 atom stereocenters. The lowest BCUT2D eigenvalue weighted by Crippen LogP contribution is -2.17. The normalized spacial score (nSPS) is 10.6. The Morgan fingerprint density at radius 3 is 2.47 bits per heavy atom. The Bertz CT molecular complexity index is 452. The highest BCUT2D eigenvalue weighted by molar-refractivity contribution is 9.08. The van der Waals surface area contributed by atoms with Crippen LogP contribution in [0.3, 0.4) is 0 Å². The maximum Gasteiger partial charge on any atom is 0.133 e. The first-order chi connectivity index (χ1) is 8.31. The van der Waals surface area contributed by atoms with Gasteiger partial charge in [-0.05, 0) is 24.9 Å². The molecule has 0 unspecified atom stereocenters. The summed E-state index contributed by atoms with van der Waals surface area (Å²) in [6, 6.07) is 3.92. The number of halogens is 1. The first kappa shape index (κ1) is 18.1. The standard InChI is InChI=1S/C11H11NO.C2H6.CH3Br/c1-3-5-11-9(4-2)8-10(13-11)6-7-12;2*1-2/h3-5,8H,1,6H2,2H3;1-2H3;1H3/b9-4-,11-5+;;. The molecule has 0 spiro atoms. The van der Waals surface area contributed by atoms with Gasteiger partial charge in [0.05, 0.1) is 12.5 Å². The molecule has 1 rings (SSSR count). The van der Waals surface area contributed by atoms with Crippen molar-refractivity contribution in [1.82, 2.24) is 0 Å². The summed E-state index contributed by atoms with van der Waals surface area (Å²) in [4.78, 5) is 0. The molecule has 0 aromatic carbocycles. The van der Waals surface area contributed by atoms with Crippen LogP contribution >= 0.6 is 15.9 Å². The summed E-state index contributed by atoms with van der Waals surface area (Å²) in [6.45, 7) is 9.52. The summed E-state index contributed by atoms with van der Waals surface area (Å²) in [5.41, 5.74) is 0.766. The molecule has 0 aliphatic carbocycles. The molecule has 0 aliphatic rings. The van der Waals surface area contributed by atoms with Gasteiger partial charge >= 0.3 is 0 Å². The van der Waals surface area contributed by atoms with Gasteiger partial charge in [0.15, 0.2) is 0 Å². The van der Waals surface area contributed by atoms with E-state index in [1.807, 2.05) is 44.8 Å². The lowest BCUT2D eigenvalue weighted by molar-refractivity contribution is 0.493. The number of nitrogens with zero attached hydrogens (tertiary/aromatic N) is 1. The fraction of sp³-hybridized carbons (Fsp3) is 0.357. The van der Waals surface area contributed by atoms with E-state index in [0.29, 0.717) is 12.2 Å². The summed E-state index contributed by atoms with van der Waals surface area (Å²) < 4.78 is 5.41. The first-order valence-electron chi connectivity index (χ1n) is 5.44. The van der Waals surface area contributed by atoms with Gasteiger partial charge in [0.2, 0.25) is 0 Å². The number of nitriles is 1. The molecule has 3 heteroatoms. The number of hydrogen-bond acceptors (Lipinski definition) is 2. The Morgan fingerprint density at radius 2 is 2.06 bits per heavy atom. The maximum atomic E-state index is 8.47. The highest BCUT2D eigenvalue weighted by Gasteiger charge is 1.96. The molecular formula is C14H20BrNO. The smallest absolute Gasteiger partial charge is 0.133 e. The average Bonchev–Trinajstić information content (AvgIpc) is 2.77. The van der Waals surface area contributed by atoms with Gasteiger partial charge in [-0.3, -0.25) is 0 Å². The third-order valence-electron chi connectivity index (χ3n) is 1.68. The molecule has 0 saturated heterocycles. The van der Waals surface area contributed by atoms with Crippen LogP contribution in [0.1, 0.15) is 26.5 Å². The molecule has 0 fully saturated rings. The molecule has 2 nitrogen and oxygen atoms in total. The zero-order chi connectivity index (χ0) is 13.7. The summed E-state index contributed by atoms with van der Waals surface area (Å²) in [5, 5.41) is 9.48. The lowest BCUT2D eigenvalue weighted by Gasteiger charge is -1.79. The number of hydrogen-bond donors (Lipinski definition) is 0. The molecule has 94 valence electrons. The molecule has 0 amide bonds. The van der Waals surface area contributed by atoms with Gasteiger partial charge < -0.3 is 4.42 Å². The summed E-state index contributed by atoms with van der Waals surface area (Å²) in [5.74, 6) is 2.51. The second kappa shape index (κ2) is 12.8. The summed E-state index contributed by atoms with van der Waals surface area (Å²) in [7, 11) is 0. The van der Waals surface area contributed by atoms with E-state index in [4.69, 9.17) is 9.68 Å². The van der Waals surface area contributed by atoms with Gasteiger partial charge in [0.1, 0.15) is 11.2 Å². The maximum absolute atomic E-state index is 8.47. The Morgan fingerprint density at radius 1 is 1.47 bits per heavy atom. The molecule has 17 heavy (non-hydrogen) atoms. The highest BCUT2D eigenvalue weighted by Crippen LogP contribution is 1.91. The van der Waals surface area contributed by atoms with Crippen molar-refractivity contribution in [3.05, 3.63) is 35.1 Å². The first-order valence-corrected chi connectivity index (χ1v) is 7.03. The van der Waals surface area contributed by atoms with Gasteiger partial charge in [-0.1, -0.05) is 48.5 Å². The molecule has 1 aromatic heterocycles. The van der Waals surface area contributed by atoms with Crippen LogP contribution < -0.4 is 10.6 Å². The van der Waals surface area contributed by atoms with E-state index in [1.165, 1.54) is 0 Å². The summed E-state index contributed by atoms with van der Waals surface area (Å²) >= 11 is 2.94. The monoisotopic (exact) mass is 297 g/mol. The van der Waals surface area contributed by atoms with E-state index >= 15 is 0 Å². The third-order valence-corrected chi connectivity index (χ3v) is 1.68. The van der Waals surface area contributed by atoms with Crippen molar-refractivity contribution in [1.29, 1.82) is 5.26 Å². The van der Waals surface area contributed by atoms with Gasteiger partial charge in [-0.25, -0.2) is 0 Å². The van der Waals surface area contributed by atoms with Crippen LogP contribution in [0.15, 0.2) is 23.1 Å². The van der Waals surface area contributed by atoms with Crippen molar-refractivity contribution >= 4 is 28.1 Å². The number of alkyl halides is 1. The third kappa shape index (κ3) is 6.80. The number of rotatable bonds is 2. The van der Waals surface area contributed by atoms with E-state index in [9.17, 15) is 0 Å². The van der Waals surface area contributed by atoms with Crippen LogP contribution in [0.4, 0.5) is 0 Å². The minimum atomic E-state index is 0.311. The Kier molecular flexibility index (Phi) is 13.6. The van der Waals surface area contributed by atoms with Crippen molar-refractivity contribution in [2.24, 2.45) is 0 Å². The molecular weight excluding hydrogens is 278 g/mol. The van der Waals surface area contributed by atoms with Crippen molar-refractivity contribution in [3.8, 4) is 6.07 Å². The molecule has 0 bridgehead atoms. The van der Waals surface area contributed by atoms with Gasteiger partial charge in [0, 0.05) is 5.22 Å². The number of allylic oxidation sites excluding steroid dienone is 1. The summed E-state index contributed by atoms with van der Waals surface area (Å²) in [6.07, 6.45) is 5.71. The topological polar surface area (TPSA) is 36.9 Å². The van der Waals surface area contributed by atoms with Crippen LogP contribution in [-0.2, 0) is 6.42 Å². The zero-order valence-electron chi connectivity index (χ0n) is 11.0. The van der Waals surface area contributed by atoms with Crippen molar-refractivity contribution < 1.29 is 4.42 Å². The zero-order valence-corrected chi connectivity index (χ0v) is 12.5. The van der Waals surface area contributed by atoms with Crippen molar-refractivity contribution in [2.45, 2.75) is 27.2 Å². The van der Waals surface area contributed by atoms with E-state index in [2.05, 4.69) is 22.5 Å². The largest absolute Gasteiger partial charge is 0.460 e. The van der Waals surface area contributed by atoms with Crippen LogP contribution in [0.2, 0.25) is 0 Å². The van der Waals surface area contributed by atoms with E-state index in [1.54, 1.807) is 12.2 Å². The minimum Gasteiger partial charge on any atom is -0.460 e. The molecule has 1 heterocycles. The molecule has 0 radical (unpaired) electrons. The van der Waals surface area contributed by atoms with Crippen LogP contribution in [-0.4, -0.2) is 5.83 Å². The Balaban J connectivity index is 0. The Labute approximate surface area is 112 Å². The van der Waals surface area contributed by atoms with E-state index in [0.717, 1.165) is 10.6 Å². The molecule has 0 N–H and O–H groups in total. The van der Waals surface area contributed by atoms with Gasteiger partial charge in [0.25, 0.3) is 0 Å². The predicted octanol–water partition coefficient (Wildman–Crippen LogP) is 3.15. The van der Waals surface area contributed by atoms with Gasteiger partial charge in [-0.2, -0.15) is 5.26 Å². The molecule has 1 aromatic rings. The lowest BCUT2D eigenvalue weighted by atomic mass is 10.3. The number of furan rings is 1. The highest BCUT2D eigenvalue weighted by atomic mass is 79.9. The Hall–Kier alpha value is -1.27. The van der Waals surface area contributed by atoms with E-state index < -0.39 is 0 Å². The predicted molar refractivity (Wildman–Crippen MR) is 78.3 cm³/mol. The molecule has 0 saturated carbocycles. The SMILES string of the molecule is C=C/C=c1/oc(CC#N)c/c1=C/C.CBr.CC. The quantitative estimate of drug-likeness (QED) is 0.786. The fourth-order valence-electron chi connectivity index (χ4n) is 1.10. The second-order valence-electron chi connectivity index (χ2n) is 2.56. The van der Waals surface area contributed by atoms with Crippen LogP contribution in [0.25, 0.3) is 12.2 Å². The minimum absolute atomic E-state index is 0.311. The van der Waals surface area contributed by atoms with Gasteiger partial charge in [-0.15, -0.1) is 0 Å².